The smallest absolute Gasteiger partial charge is 0.273 e. The van der Waals surface area contributed by atoms with Crippen molar-refractivity contribution in [2.45, 2.75) is 24.8 Å². The summed E-state index contributed by atoms with van der Waals surface area (Å²) in [5.41, 5.74) is 3.67. The SMILES string of the molecule is CCN1CCN(C(=O)c2csc(CSc3nnc(-c4ccncc4)n3-c3ccc(C)cc3)n2)CC1. The fourth-order valence-corrected chi connectivity index (χ4v) is 5.75. The molecule has 1 aromatic carbocycles. The summed E-state index contributed by atoms with van der Waals surface area (Å²) < 4.78 is 2.06. The second-order valence-electron chi connectivity index (χ2n) is 8.35. The van der Waals surface area contributed by atoms with Crippen LogP contribution in [-0.2, 0) is 5.75 Å². The van der Waals surface area contributed by atoms with Gasteiger partial charge < -0.3 is 9.80 Å². The number of nitrogens with zero attached hydrogens (tertiary/aromatic N) is 7. The standard InChI is InChI=1S/C25H27N7OS2/c1-3-30-12-14-31(15-13-30)24(33)21-16-34-22(27-21)17-35-25-29-28-23(19-8-10-26-11-9-19)32(25)20-6-4-18(2)5-7-20/h4-11,16H,3,12-15,17H2,1-2H3. The largest absolute Gasteiger partial charge is 0.335 e. The molecule has 0 N–H and O–H groups in total. The molecule has 0 bridgehead atoms. The molecule has 0 unspecified atom stereocenters. The Hall–Kier alpha value is -3.08. The molecule has 35 heavy (non-hydrogen) atoms. The van der Waals surface area contributed by atoms with Crippen molar-refractivity contribution in [1.29, 1.82) is 0 Å². The lowest BCUT2D eigenvalue weighted by atomic mass is 10.2. The van der Waals surface area contributed by atoms with Gasteiger partial charge in [0, 0.05) is 55.2 Å². The van der Waals surface area contributed by atoms with Crippen molar-refractivity contribution >= 4 is 29.0 Å². The zero-order valence-corrected chi connectivity index (χ0v) is 21.4. The number of aryl methyl sites for hydroxylation is 1. The summed E-state index contributed by atoms with van der Waals surface area (Å²) in [5.74, 6) is 1.40. The fraction of sp³-hybridized carbons (Fsp3) is 0.320. The number of thioether (sulfide) groups is 1. The van der Waals surface area contributed by atoms with Gasteiger partial charge in [-0.05, 0) is 37.7 Å². The van der Waals surface area contributed by atoms with Crippen molar-refractivity contribution < 1.29 is 4.79 Å². The number of amides is 1. The monoisotopic (exact) mass is 505 g/mol. The summed E-state index contributed by atoms with van der Waals surface area (Å²) in [7, 11) is 0. The Bertz CT molecular complexity index is 1280. The van der Waals surface area contributed by atoms with E-state index in [2.05, 4.69) is 67.7 Å². The van der Waals surface area contributed by atoms with Gasteiger partial charge in [-0.2, -0.15) is 0 Å². The number of hydrogen-bond donors (Lipinski definition) is 0. The number of benzene rings is 1. The van der Waals surface area contributed by atoms with E-state index in [0.29, 0.717) is 11.4 Å². The van der Waals surface area contributed by atoms with Gasteiger partial charge in [-0.1, -0.05) is 36.4 Å². The Morgan fingerprint density at radius 3 is 2.49 bits per heavy atom. The Morgan fingerprint density at radius 1 is 1.03 bits per heavy atom. The van der Waals surface area contributed by atoms with E-state index >= 15 is 0 Å². The average molecular weight is 506 g/mol. The molecule has 1 fully saturated rings. The molecule has 0 saturated carbocycles. The third kappa shape index (κ3) is 5.29. The van der Waals surface area contributed by atoms with E-state index in [1.165, 1.54) is 16.9 Å². The molecule has 10 heteroatoms. The minimum absolute atomic E-state index is 0.0241. The van der Waals surface area contributed by atoms with Crippen LogP contribution in [0.25, 0.3) is 17.1 Å². The second kappa shape index (κ2) is 10.7. The molecule has 0 aliphatic carbocycles. The van der Waals surface area contributed by atoms with Gasteiger partial charge in [-0.3, -0.25) is 14.3 Å². The van der Waals surface area contributed by atoms with Crippen LogP contribution < -0.4 is 0 Å². The third-order valence-electron chi connectivity index (χ3n) is 6.07. The molecule has 180 valence electrons. The zero-order chi connectivity index (χ0) is 24.2. The van der Waals surface area contributed by atoms with Gasteiger partial charge in [0.05, 0.1) is 5.75 Å². The Morgan fingerprint density at radius 2 is 1.77 bits per heavy atom. The molecule has 5 rings (SSSR count). The van der Waals surface area contributed by atoms with E-state index in [1.807, 2.05) is 22.4 Å². The van der Waals surface area contributed by atoms with Crippen LogP contribution in [0.1, 0.15) is 28.0 Å². The quantitative estimate of drug-likeness (QED) is 0.349. The molecule has 0 radical (unpaired) electrons. The van der Waals surface area contributed by atoms with Gasteiger partial charge in [0.25, 0.3) is 5.91 Å². The lowest BCUT2D eigenvalue weighted by Crippen LogP contribution is -2.48. The Labute approximate surface area is 213 Å². The number of rotatable bonds is 7. The number of aromatic nitrogens is 5. The van der Waals surface area contributed by atoms with Crippen LogP contribution in [-0.4, -0.2) is 73.2 Å². The van der Waals surface area contributed by atoms with E-state index in [4.69, 9.17) is 0 Å². The molecule has 3 aromatic heterocycles. The first-order chi connectivity index (χ1) is 17.1. The Kier molecular flexibility index (Phi) is 7.21. The first-order valence-corrected chi connectivity index (χ1v) is 13.5. The van der Waals surface area contributed by atoms with Crippen molar-refractivity contribution in [1.82, 2.24) is 34.5 Å². The number of likely N-dealkylation sites (N-methyl/N-ethyl adjacent to an activating group) is 1. The van der Waals surface area contributed by atoms with E-state index in [9.17, 15) is 4.79 Å². The summed E-state index contributed by atoms with van der Waals surface area (Å²) in [6, 6.07) is 12.2. The number of pyridine rings is 1. The minimum atomic E-state index is 0.0241. The molecule has 4 aromatic rings. The summed E-state index contributed by atoms with van der Waals surface area (Å²) in [4.78, 5) is 26.0. The first-order valence-electron chi connectivity index (χ1n) is 11.6. The van der Waals surface area contributed by atoms with Gasteiger partial charge in [0.2, 0.25) is 0 Å². The maximum Gasteiger partial charge on any atom is 0.273 e. The predicted octanol–water partition coefficient (Wildman–Crippen LogP) is 4.16. The van der Waals surface area contributed by atoms with Crippen LogP contribution in [0.4, 0.5) is 0 Å². The molecule has 8 nitrogen and oxygen atoms in total. The molecular weight excluding hydrogens is 478 g/mol. The van der Waals surface area contributed by atoms with Crippen molar-refractivity contribution in [2.75, 3.05) is 32.7 Å². The van der Waals surface area contributed by atoms with Crippen LogP contribution in [0.3, 0.4) is 0 Å². The number of carbonyl (C=O) groups excluding carboxylic acids is 1. The van der Waals surface area contributed by atoms with Crippen LogP contribution >= 0.6 is 23.1 Å². The highest BCUT2D eigenvalue weighted by atomic mass is 32.2. The van der Waals surface area contributed by atoms with E-state index < -0.39 is 0 Å². The fourth-order valence-electron chi connectivity index (χ4n) is 4.01. The van der Waals surface area contributed by atoms with Gasteiger partial charge in [0.1, 0.15) is 10.7 Å². The highest BCUT2D eigenvalue weighted by molar-refractivity contribution is 7.98. The molecular formula is C25H27N7OS2. The van der Waals surface area contributed by atoms with Gasteiger partial charge in [-0.25, -0.2) is 4.98 Å². The Balaban J connectivity index is 1.33. The highest BCUT2D eigenvalue weighted by Gasteiger charge is 2.23. The number of thiazole rings is 1. The number of carbonyl (C=O) groups is 1. The lowest BCUT2D eigenvalue weighted by molar-refractivity contribution is 0.0638. The van der Waals surface area contributed by atoms with Gasteiger partial charge in [0.15, 0.2) is 11.0 Å². The van der Waals surface area contributed by atoms with E-state index in [0.717, 1.165) is 60.0 Å². The molecule has 1 saturated heterocycles. The summed E-state index contributed by atoms with van der Waals surface area (Å²) in [6.07, 6.45) is 3.51. The lowest BCUT2D eigenvalue weighted by Gasteiger charge is -2.33. The zero-order valence-electron chi connectivity index (χ0n) is 19.8. The van der Waals surface area contributed by atoms with E-state index in [1.54, 1.807) is 24.2 Å². The minimum Gasteiger partial charge on any atom is -0.335 e. The maximum atomic E-state index is 12.9. The van der Waals surface area contributed by atoms with Crippen molar-refractivity contribution in [3.63, 3.8) is 0 Å². The van der Waals surface area contributed by atoms with Crippen LogP contribution in [0.5, 0.6) is 0 Å². The van der Waals surface area contributed by atoms with Crippen molar-refractivity contribution in [3.05, 3.63) is 70.4 Å². The molecule has 1 aliphatic rings. The van der Waals surface area contributed by atoms with Crippen LogP contribution in [0.15, 0.2) is 59.3 Å². The topological polar surface area (TPSA) is 80.0 Å². The van der Waals surface area contributed by atoms with Crippen LogP contribution in [0.2, 0.25) is 0 Å². The maximum absolute atomic E-state index is 12.9. The van der Waals surface area contributed by atoms with Gasteiger partial charge >= 0.3 is 0 Å². The van der Waals surface area contributed by atoms with Crippen LogP contribution in [0, 0.1) is 6.92 Å². The molecule has 1 aliphatic heterocycles. The first kappa shape index (κ1) is 23.7. The second-order valence-corrected chi connectivity index (χ2v) is 10.2. The van der Waals surface area contributed by atoms with Crippen molar-refractivity contribution in [2.24, 2.45) is 0 Å². The highest BCUT2D eigenvalue weighted by Crippen LogP contribution is 2.30. The number of piperazine rings is 1. The molecule has 0 spiro atoms. The molecule has 1 amide bonds. The predicted molar refractivity (Wildman–Crippen MR) is 139 cm³/mol. The summed E-state index contributed by atoms with van der Waals surface area (Å²) in [5, 5.41) is 12.5. The van der Waals surface area contributed by atoms with E-state index in [-0.39, 0.29) is 5.91 Å². The number of hydrogen-bond acceptors (Lipinski definition) is 8. The van der Waals surface area contributed by atoms with Crippen molar-refractivity contribution in [3.8, 4) is 17.1 Å². The average Bonchev–Trinajstić information content (AvgIpc) is 3.55. The summed E-state index contributed by atoms with van der Waals surface area (Å²) in [6.45, 7) is 8.60. The van der Waals surface area contributed by atoms with Gasteiger partial charge in [-0.15, -0.1) is 21.5 Å². The third-order valence-corrected chi connectivity index (χ3v) is 8.04. The normalized spacial score (nSPS) is 14.4. The molecule has 0 atom stereocenters. The summed E-state index contributed by atoms with van der Waals surface area (Å²) >= 11 is 3.09. The molecule has 4 heterocycles.